The molecule has 21 heavy (non-hydrogen) atoms. The molecule has 1 aromatic heterocycles. The van der Waals surface area contributed by atoms with Gasteiger partial charge in [-0.1, -0.05) is 63.2 Å². The SMILES string of the molecule is CC(C)(C)c1cc[c]cc1-c1cnc(-c2ccccc2)[nH]1. The Morgan fingerprint density at radius 2 is 1.81 bits per heavy atom. The van der Waals surface area contributed by atoms with E-state index in [1.807, 2.05) is 36.5 Å². The van der Waals surface area contributed by atoms with Gasteiger partial charge in [-0.25, -0.2) is 4.98 Å². The molecule has 2 nitrogen and oxygen atoms in total. The predicted octanol–water partition coefficient (Wildman–Crippen LogP) is 4.84. The van der Waals surface area contributed by atoms with Crippen molar-refractivity contribution in [3.8, 4) is 22.6 Å². The summed E-state index contributed by atoms with van der Waals surface area (Å²) in [5.74, 6) is 0.898. The van der Waals surface area contributed by atoms with Gasteiger partial charge in [-0.3, -0.25) is 0 Å². The number of imidazole rings is 1. The number of aromatic nitrogens is 2. The van der Waals surface area contributed by atoms with Crippen LogP contribution in [-0.4, -0.2) is 9.97 Å². The molecule has 0 unspecified atom stereocenters. The fourth-order valence-electron chi connectivity index (χ4n) is 2.51. The summed E-state index contributed by atoms with van der Waals surface area (Å²) in [6.45, 7) is 6.67. The largest absolute Gasteiger partial charge is 0.338 e. The first-order chi connectivity index (χ1) is 10.1. The van der Waals surface area contributed by atoms with Gasteiger partial charge in [0.2, 0.25) is 0 Å². The highest BCUT2D eigenvalue weighted by molar-refractivity contribution is 5.68. The van der Waals surface area contributed by atoms with E-state index in [9.17, 15) is 0 Å². The van der Waals surface area contributed by atoms with Gasteiger partial charge in [-0.15, -0.1) is 0 Å². The van der Waals surface area contributed by atoms with E-state index < -0.39 is 0 Å². The maximum atomic E-state index is 4.52. The summed E-state index contributed by atoms with van der Waals surface area (Å²) in [5, 5.41) is 0. The van der Waals surface area contributed by atoms with Crippen molar-refractivity contribution in [3.63, 3.8) is 0 Å². The van der Waals surface area contributed by atoms with Crippen molar-refractivity contribution in [2.45, 2.75) is 26.2 Å². The van der Waals surface area contributed by atoms with E-state index in [1.54, 1.807) is 0 Å². The van der Waals surface area contributed by atoms with Crippen LogP contribution in [0.3, 0.4) is 0 Å². The third kappa shape index (κ3) is 2.75. The quantitative estimate of drug-likeness (QED) is 0.712. The Hall–Kier alpha value is -2.35. The average molecular weight is 275 g/mol. The fraction of sp³-hybridized carbons (Fsp3) is 0.211. The van der Waals surface area contributed by atoms with E-state index in [1.165, 1.54) is 11.1 Å². The van der Waals surface area contributed by atoms with Crippen LogP contribution in [-0.2, 0) is 5.41 Å². The van der Waals surface area contributed by atoms with Crippen LogP contribution < -0.4 is 0 Å². The van der Waals surface area contributed by atoms with Crippen molar-refractivity contribution in [1.82, 2.24) is 9.97 Å². The van der Waals surface area contributed by atoms with Crippen LogP contribution in [0.5, 0.6) is 0 Å². The smallest absolute Gasteiger partial charge is 0.137 e. The molecular formula is C19H19N2. The number of benzene rings is 2. The minimum atomic E-state index is 0.0858. The van der Waals surface area contributed by atoms with Gasteiger partial charge in [0.05, 0.1) is 11.9 Å². The van der Waals surface area contributed by atoms with Gasteiger partial charge >= 0.3 is 0 Å². The minimum Gasteiger partial charge on any atom is -0.338 e. The van der Waals surface area contributed by atoms with Gasteiger partial charge in [-0.05, 0) is 23.1 Å². The molecule has 0 bridgehead atoms. The Labute approximate surface area is 125 Å². The normalized spacial score (nSPS) is 11.6. The van der Waals surface area contributed by atoms with Gasteiger partial charge in [0.1, 0.15) is 5.82 Å². The first kappa shape index (κ1) is 13.6. The minimum absolute atomic E-state index is 0.0858. The summed E-state index contributed by atoms with van der Waals surface area (Å²) < 4.78 is 0. The van der Waals surface area contributed by atoms with Crippen LogP contribution in [0.1, 0.15) is 26.3 Å². The standard InChI is InChI=1S/C19H19N2/c1-19(2,3)16-12-8-7-11-15(16)17-13-20-18(21-17)14-9-5-4-6-10-14/h4-6,8-13H,1-3H3,(H,20,21). The van der Waals surface area contributed by atoms with Crippen molar-refractivity contribution in [1.29, 1.82) is 0 Å². The monoisotopic (exact) mass is 275 g/mol. The second kappa shape index (κ2) is 5.21. The van der Waals surface area contributed by atoms with Crippen LogP contribution in [0.25, 0.3) is 22.6 Å². The molecule has 1 heterocycles. The van der Waals surface area contributed by atoms with Crippen molar-refractivity contribution >= 4 is 0 Å². The molecule has 0 aliphatic carbocycles. The molecular weight excluding hydrogens is 256 g/mol. The first-order valence-corrected chi connectivity index (χ1v) is 7.17. The summed E-state index contributed by atoms with van der Waals surface area (Å²) >= 11 is 0. The van der Waals surface area contributed by atoms with Crippen molar-refractivity contribution < 1.29 is 0 Å². The molecule has 0 fully saturated rings. The van der Waals surface area contributed by atoms with E-state index in [2.05, 4.69) is 55.0 Å². The van der Waals surface area contributed by atoms with Crippen molar-refractivity contribution in [3.05, 3.63) is 66.4 Å². The van der Waals surface area contributed by atoms with E-state index in [4.69, 9.17) is 0 Å². The van der Waals surface area contributed by atoms with Gasteiger partial charge in [0, 0.05) is 11.1 Å². The molecule has 2 aromatic carbocycles. The van der Waals surface area contributed by atoms with Gasteiger partial charge in [-0.2, -0.15) is 0 Å². The maximum absolute atomic E-state index is 4.52. The average Bonchev–Trinajstić information content (AvgIpc) is 2.97. The first-order valence-electron chi connectivity index (χ1n) is 7.17. The Balaban J connectivity index is 2.06. The fourth-order valence-corrected chi connectivity index (χ4v) is 2.51. The Bertz CT molecular complexity index is 734. The van der Waals surface area contributed by atoms with Crippen molar-refractivity contribution in [2.75, 3.05) is 0 Å². The third-order valence-electron chi connectivity index (χ3n) is 3.59. The highest BCUT2D eigenvalue weighted by Crippen LogP contribution is 2.32. The summed E-state index contributed by atoms with van der Waals surface area (Å²) in [6, 6.07) is 19.5. The molecule has 105 valence electrons. The molecule has 0 saturated carbocycles. The molecule has 3 rings (SSSR count). The number of H-pyrrole nitrogens is 1. The second-order valence-electron chi connectivity index (χ2n) is 6.23. The highest BCUT2D eigenvalue weighted by atomic mass is 14.9. The lowest BCUT2D eigenvalue weighted by molar-refractivity contribution is 0.592. The van der Waals surface area contributed by atoms with Crippen LogP contribution in [0.4, 0.5) is 0 Å². The summed E-state index contributed by atoms with van der Waals surface area (Å²) in [6.07, 6.45) is 1.90. The zero-order valence-corrected chi connectivity index (χ0v) is 12.6. The lowest BCUT2D eigenvalue weighted by Gasteiger charge is -2.22. The van der Waals surface area contributed by atoms with Crippen LogP contribution in [0.2, 0.25) is 0 Å². The molecule has 3 aromatic rings. The molecule has 2 heteroatoms. The predicted molar refractivity (Wildman–Crippen MR) is 87.0 cm³/mol. The molecule has 1 N–H and O–H groups in total. The zero-order chi connectivity index (χ0) is 14.9. The summed E-state index contributed by atoms with van der Waals surface area (Å²) in [5.41, 5.74) is 4.68. The van der Waals surface area contributed by atoms with E-state index in [0.29, 0.717) is 0 Å². The number of nitrogens with zero attached hydrogens (tertiary/aromatic N) is 1. The molecule has 0 spiro atoms. The number of aromatic amines is 1. The van der Waals surface area contributed by atoms with Crippen LogP contribution in [0, 0.1) is 6.07 Å². The van der Waals surface area contributed by atoms with Gasteiger partial charge in [0.15, 0.2) is 0 Å². The van der Waals surface area contributed by atoms with Crippen LogP contribution >= 0.6 is 0 Å². The van der Waals surface area contributed by atoms with E-state index >= 15 is 0 Å². The third-order valence-corrected chi connectivity index (χ3v) is 3.59. The lowest BCUT2D eigenvalue weighted by Crippen LogP contribution is -2.12. The van der Waals surface area contributed by atoms with E-state index in [-0.39, 0.29) is 5.41 Å². The highest BCUT2D eigenvalue weighted by Gasteiger charge is 2.19. The lowest BCUT2D eigenvalue weighted by atomic mass is 9.83. The number of nitrogens with one attached hydrogen (secondary N) is 1. The number of hydrogen-bond donors (Lipinski definition) is 1. The molecule has 0 aliphatic rings. The second-order valence-corrected chi connectivity index (χ2v) is 6.23. The summed E-state index contributed by atoms with van der Waals surface area (Å²) in [4.78, 5) is 7.94. The number of hydrogen-bond acceptors (Lipinski definition) is 1. The van der Waals surface area contributed by atoms with Crippen LogP contribution in [0.15, 0.2) is 54.7 Å². The number of rotatable bonds is 2. The molecule has 0 saturated heterocycles. The molecule has 1 radical (unpaired) electrons. The Morgan fingerprint density at radius 1 is 1.05 bits per heavy atom. The topological polar surface area (TPSA) is 28.7 Å². The van der Waals surface area contributed by atoms with Gasteiger partial charge < -0.3 is 4.98 Å². The maximum Gasteiger partial charge on any atom is 0.137 e. The van der Waals surface area contributed by atoms with Crippen molar-refractivity contribution in [2.24, 2.45) is 0 Å². The Kier molecular flexibility index (Phi) is 3.38. The Morgan fingerprint density at radius 3 is 2.52 bits per heavy atom. The molecule has 0 aliphatic heterocycles. The molecule has 0 amide bonds. The molecule has 0 atom stereocenters. The zero-order valence-electron chi connectivity index (χ0n) is 12.6. The van der Waals surface area contributed by atoms with E-state index in [0.717, 1.165) is 17.1 Å². The van der Waals surface area contributed by atoms with Gasteiger partial charge in [0.25, 0.3) is 0 Å². The summed E-state index contributed by atoms with van der Waals surface area (Å²) in [7, 11) is 0.